The van der Waals surface area contributed by atoms with Crippen LogP contribution in [0.4, 0.5) is 0 Å². The molecular formula is C8H16N2. The number of nitrogens with zero attached hydrogens (tertiary/aromatic N) is 1. The molecule has 0 amide bonds. The van der Waals surface area contributed by atoms with Crippen LogP contribution in [0.25, 0.3) is 0 Å². The van der Waals surface area contributed by atoms with E-state index in [1.165, 1.54) is 12.8 Å². The molecule has 2 heteroatoms. The first-order valence-electron chi connectivity index (χ1n) is 3.92. The van der Waals surface area contributed by atoms with Crippen molar-refractivity contribution in [2.75, 3.05) is 13.1 Å². The highest BCUT2D eigenvalue weighted by Gasteiger charge is 2.00. The van der Waals surface area contributed by atoms with Crippen LogP contribution in [-0.4, -0.2) is 13.1 Å². The monoisotopic (exact) mass is 140 g/mol. The zero-order chi connectivity index (χ0) is 7.82. The maximum Gasteiger partial charge on any atom is 0.0841 e. The van der Waals surface area contributed by atoms with Gasteiger partial charge in [-0.2, -0.15) is 5.26 Å². The Morgan fingerprint density at radius 3 is 2.40 bits per heavy atom. The van der Waals surface area contributed by atoms with Gasteiger partial charge in [0.05, 0.1) is 12.6 Å². The molecule has 58 valence electrons. The van der Waals surface area contributed by atoms with Gasteiger partial charge in [0.2, 0.25) is 0 Å². The summed E-state index contributed by atoms with van der Waals surface area (Å²) in [5.41, 5.74) is 0. The molecule has 0 aromatic heterocycles. The highest BCUT2D eigenvalue weighted by Crippen LogP contribution is 2.04. The lowest BCUT2D eigenvalue weighted by Gasteiger charge is -2.10. The Kier molecular flexibility index (Phi) is 6.21. The molecule has 0 fully saturated rings. The molecule has 0 aliphatic carbocycles. The third kappa shape index (κ3) is 4.34. The molecule has 0 rings (SSSR count). The molecule has 0 spiro atoms. The van der Waals surface area contributed by atoms with Crippen LogP contribution >= 0.6 is 0 Å². The van der Waals surface area contributed by atoms with E-state index in [0.717, 1.165) is 12.5 Å². The minimum atomic E-state index is 0.483. The summed E-state index contributed by atoms with van der Waals surface area (Å²) in [6, 6.07) is 2.06. The van der Waals surface area contributed by atoms with Gasteiger partial charge in [0.1, 0.15) is 0 Å². The fourth-order valence-corrected chi connectivity index (χ4v) is 0.910. The van der Waals surface area contributed by atoms with E-state index in [0.29, 0.717) is 6.54 Å². The van der Waals surface area contributed by atoms with E-state index < -0.39 is 0 Å². The minimum Gasteiger partial charge on any atom is -0.304 e. The average molecular weight is 140 g/mol. The van der Waals surface area contributed by atoms with Gasteiger partial charge in [0, 0.05) is 0 Å². The Balaban J connectivity index is 3.19. The van der Waals surface area contributed by atoms with Crippen molar-refractivity contribution >= 4 is 0 Å². The summed E-state index contributed by atoms with van der Waals surface area (Å²) in [7, 11) is 0. The molecule has 0 aromatic carbocycles. The predicted molar refractivity (Wildman–Crippen MR) is 42.6 cm³/mol. The molecule has 0 aliphatic heterocycles. The van der Waals surface area contributed by atoms with Gasteiger partial charge in [-0.3, -0.25) is 0 Å². The number of hydrogen-bond acceptors (Lipinski definition) is 2. The molecule has 2 nitrogen and oxygen atoms in total. The van der Waals surface area contributed by atoms with E-state index in [-0.39, 0.29) is 0 Å². The van der Waals surface area contributed by atoms with Gasteiger partial charge in [-0.15, -0.1) is 0 Å². The molecule has 0 radical (unpaired) electrons. The summed E-state index contributed by atoms with van der Waals surface area (Å²) in [4.78, 5) is 0. The fourth-order valence-electron chi connectivity index (χ4n) is 0.910. The predicted octanol–water partition coefficient (Wildman–Crippen LogP) is 1.54. The highest BCUT2D eigenvalue weighted by molar-refractivity contribution is 4.73. The van der Waals surface area contributed by atoms with Crippen molar-refractivity contribution in [1.82, 2.24) is 5.32 Å². The van der Waals surface area contributed by atoms with Gasteiger partial charge >= 0.3 is 0 Å². The second kappa shape index (κ2) is 6.57. The summed E-state index contributed by atoms with van der Waals surface area (Å²) in [5.74, 6) is 0.744. The summed E-state index contributed by atoms with van der Waals surface area (Å²) in [6.45, 7) is 5.83. The van der Waals surface area contributed by atoms with Crippen molar-refractivity contribution in [3.63, 3.8) is 0 Å². The zero-order valence-electron chi connectivity index (χ0n) is 6.85. The molecule has 0 aliphatic rings. The molecule has 0 heterocycles. The van der Waals surface area contributed by atoms with Crippen LogP contribution in [0.5, 0.6) is 0 Å². The van der Waals surface area contributed by atoms with Gasteiger partial charge in [0.15, 0.2) is 0 Å². The van der Waals surface area contributed by atoms with Gasteiger partial charge in [-0.05, 0) is 12.5 Å². The van der Waals surface area contributed by atoms with Crippen molar-refractivity contribution in [2.24, 2.45) is 5.92 Å². The molecule has 0 saturated carbocycles. The van der Waals surface area contributed by atoms with Crippen LogP contribution in [0.2, 0.25) is 0 Å². The van der Waals surface area contributed by atoms with Crippen LogP contribution in [0.15, 0.2) is 0 Å². The zero-order valence-corrected chi connectivity index (χ0v) is 6.85. The van der Waals surface area contributed by atoms with E-state index in [1.807, 2.05) is 0 Å². The van der Waals surface area contributed by atoms with Crippen molar-refractivity contribution in [3.05, 3.63) is 0 Å². The van der Waals surface area contributed by atoms with E-state index in [1.54, 1.807) is 0 Å². The summed E-state index contributed by atoms with van der Waals surface area (Å²) in [5, 5.41) is 11.3. The minimum absolute atomic E-state index is 0.483. The Morgan fingerprint density at radius 1 is 1.40 bits per heavy atom. The van der Waals surface area contributed by atoms with Crippen LogP contribution in [0.3, 0.4) is 0 Å². The van der Waals surface area contributed by atoms with Crippen LogP contribution in [-0.2, 0) is 0 Å². The van der Waals surface area contributed by atoms with Crippen molar-refractivity contribution in [2.45, 2.75) is 26.7 Å². The smallest absolute Gasteiger partial charge is 0.0841 e. The molecule has 0 bridgehead atoms. The van der Waals surface area contributed by atoms with Gasteiger partial charge < -0.3 is 5.32 Å². The lowest BCUT2D eigenvalue weighted by atomic mass is 10.0. The van der Waals surface area contributed by atoms with Crippen molar-refractivity contribution in [3.8, 4) is 6.07 Å². The van der Waals surface area contributed by atoms with Gasteiger partial charge in [-0.25, -0.2) is 0 Å². The number of nitrogens with one attached hydrogen (secondary N) is 1. The Hall–Kier alpha value is -0.550. The standard InChI is InChI=1S/C8H16N2/c1-3-8(4-2)7-10-6-5-9/h8,10H,3-4,6-7H2,1-2H3. The van der Waals surface area contributed by atoms with E-state index in [4.69, 9.17) is 5.26 Å². The molecule has 0 atom stereocenters. The van der Waals surface area contributed by atoms with E-state index in [9.17, 15) is 0 Å². The van der Waals surface area contributed by atoms with Crippen LogP contribution in [0.1, 0.15) is 26.7 Å². The Labute approximate surface area is 63.2 Å². The first-order valence-corrected chi connectivity index (χ1v) is 3.92. The molecule has 10 heavy (non-hydrogen) atoms. The van der Waals surface area contributed by atoms with E-state index in [2.05, 4.69) is 25.2 Å². The van der Waals surface area contributed by atoms with Crippen molar-refractivity contribution in [1.29, 1.82) is 5.26 Å². The summed E-state index contributed by atoms with van der Waals surface area (Å²) in [6.07, 6.45) is 2.41. The van der Waals surface area contributed by atoms with Crippen LogP contribution in [0, 0.1) is 17.2 Å². The van der Waals surface area contributed by atoms with Crippen molar-refractivity contribution < 1.29 is 0 Å². The molecule has 0 aromatic rings. The Morgan fingerprint density at radius 2 is 2.00 bits per heavy atom. The third-order valence-electron chi connectivity index (χ3n) is 1.79. The number of hydrogen-bond donors (Lipinski definition) is 1. The largest absolute Gasteiger partial charge is 0.304 e. The van der Waals surface area contributed by atoms with Gasteiger partial charge in [0.25, 0.3) is 0 Å². The summed E-state index contributed by atoms with van der Waals surface area (Å²) < 4.78 is 0. The molecule has 1 N–H and O–H groups in total. The lowest BCUT2D eigenvalue weighted by Crippen LogP contribution is -2.22. The molecule has 0 unspecified atom stereocenters. The second-order valence-electron chi connectivity index (χ2n) is 2.47. The first-order chi connectivity index (χ1) is 4.85. The normalized spacial score (nSPS) is 9.80. The molecule has 0 saturated heterocycles. The highest BCUT2D eigenvalue weighted by atomic mass is 14.8. The van der Waals surface area contributed by atoms with Crippen LogP contribution < -0.4 is 5.32 Å². The SMILES string of the molecule is CCC(CC)CNCC#N. The Bertz CT molecular complexity index is 100. The third-order valence-corrected chi connectivity index (χ3v) is 1.79. The molecular weight excluding hydrogens is 124 g/mol. The average Bonchev–Trinajstić information content (AvgIpc) is 1.99. The first kappa shape index (κ1) is 9.45. The maximum absolute atomic E-state index is 8.21. The topological polar surface area (TPSA) is 35.8 Å². The number of nitriles is 1. The lowest BCUT2D eigenvalue weighted by molar-refractivity contribution is 0.462. The number of rotatable bonds is 5. The maximum atomic E-state index is 8.21. The van der Waals surface area contributed by atoms with E-state index >= 15 is 0 Å². The quantitative estimate of drug-likeness (QED) is 0.464. The fraction of sp³-hybridized carbons (Fsp3) is 0.875. The summed E-state index contributed by atoms with van der Waals surface area (Å²) >= 11 is 0. The van der Waals surface area contributed by atoms with Gasteiger partial charge in [-0.1, -0.05) is 26.7 Å². The second-order valence-corrected chi connectivity index (χ2v) is 2.47.